The lowest BCUT2D eigenvalue weighted by Crippen LogP contribution is -2.49. The molecular formula is C16H18N2O2. The Balaban J connectivity index is 2.01. The van der Waals surface area contributed by atoms with Crippen molar-refractivity contribution in [3.63, 3.8) is 0 Å². The zero-order valence-electron chi connectivity index (χ0n) is 11.5. The molecule has 3 rings (SSSR count). The highest BCUT2D eigenvalue weighted by Gasteiger charge is 2.34. The Morgan fingerprint density at radius 3 is 2.90 bits per heavy atom. The molecular weight excluding hydrogens is 252 g/mol. The molecule has 2 aromatic rings. The molecule has 1 N–H and O–H groups in total. The van der Waals surface area contributed by atoms with Crippen molar-refractivity contribution in [1.82, 2.24) is 4.98 Å². The Labute approximate surface area is 118 Å². The number of carbonyl (C=O) groups is 1. The van der Waals surface area contributed by atoms with Crippen molar-refractivity contribution in [2.45, 2.75) is 25.8 Å². The second kappa shape index (κ2) is 5.12. The fourth-order valence-electron chi connectivity index (χ4n) is 3.04. The van der Waals surface area contributed by atoms with E-state index in [4.69, 9.17) is 0 Å². The Morgan fingerprint density at radius 1 is 1.30 bits per heavy atom. The van der Waals surface area contributed by atoms with Crippen LogP contribution < -0.4 is 4.90 Å². The summed E-state index contributed by atoms with van der Waals surface area (Å²) in [5.41, 5.74) is 0.910. The van der Waals surface area contributed by atoms with Gasteiger partial charge >= 0.3 is 5.97 Å². The molecule has 104 valence electrons. The number of anilines is 1. The Kier molecular flexibility index (Phi) is 3.30. The van der Waals surface area contributed by atoms with E-state index < -0.39 is 12.0 Å². The van der Waals surface area contributed by atoms with E-state index in [1.807, 2.05) is 48.2 Å². The molecule has 2 atom stereocenters. The van der Waals surface area contributed by atoms with Gasteiger partial charge in [0.25, 0.3) is 0 Å². The lowest BCUT2D eigenvalue weighted by Gasteiger charge is -2.38. The van der Waals surface area contributed by atoms with E-state index in [0.717, 1.165) is 36.1 Å². The third-order valence-electron chi connectivity index (χ3n) is 4.06. The van der Waals surface area contributed by atoms with Gasteiger partial charge in [-0.3, -0.25) is 0 Å². The molecule has 2 heterocycles. The number of benzene rings is 1. The normalized spacial score (nSPS) is 22.9. The van der Waals surface area contributed by atoms with Crippen LogP contribution in [0.4, 0.5) is 5.82 Å². The summed E-state index contributed by atoms with van der Waals surface area (Å²) < 4.78 is 0. The molecule has 4 nitrogen and oxygen atoms in total. The maximum atomic E-state index is 11.5. The molecule has 20 heavy (non-hydrogen) atoms. The van der Waals surface area contributed by atoms with E-state index in [0.29, 0.717) is 0 Å². The maximum absolute atomic E-state index is 11.5. The van der Waals surface area contributed by atoms with Gasteiger partial charge in [-0.2, -0.15) is 0 Å². The van der Waals surface area contributed by atoms with Crippen molar-refractivity contribution in [3.8, 4) is 0 Å². The Morgan fingerprint density at radius 2 is 2.10 bits per heavy atom. The molecule has 1 aliphatic rings. The number of piperidine rings is 1. The molecule has 1 fully saturated rings. The minimum Gasteiger partial charge on any atom is -0.480 e. The molecule has 0 amide bonds. The average Bonchev–Trinajstić information content (AvgIpc) is 2.46. The highest BCUT2D eigenvalue weighted by atomic mass is 16.4. The van der Waals surface area contributed by atoms with Gasteiger partial charge in [0.1, 0.15) is 11.9 Å². The van der Waals surface area contributed by atoms with Gasteiger partial charge in [0.15, 0.2) is 0 Å². The fourth-order valence-corrected chi connectivity index (χ4v) is 3.04. The van der Waals surface area contributed by atoms with Gasteiger partial charge in [-0.25, -0.2) is 9.78 Å². The number of hydrogen-bond acceptors (Lipinski definition) is 3. The monoisotopic (exact) mass is 270 g/mol. The first-order valence-corrected chi connectivity index (χ1v) is 7.02. The molecule has 0 aliphatic carbocycles. The van der Waals surface area contributed by atoms with E-state index in [1.165, 1.54) is 0 Å². The van der Waals surface area contributed by atoms with Gasteiger partial charge in [-0.1, -0.05) is 25.1 Å². The largest absolute Gasteiger partial charge is 0.480 e. The van der Waals surface area contributed by atoms with E-state index >= 15 is 0 Å². The van der Waals surface area contributed by atoms with Crippen molar-refractivity contribution >= 4 is 22.7 Å². The number of rotatable bonds is 2. The minimum absolute atomic E-state index is 0.148. The number of aliphatic carboxylic acids is 1. The van der Waals surface area contributed by atoms with Crippen LogP contribution in [0, 0.1) is 5.92 Å². The number of nitrogens with zero attached hydrogens (tertiary/aromatic N) is 2. The first-order chi connectivity index (χ1) is 9.66. The molecule has 0 radical (unpaired) electrons. The molecule has 1 aromatic carbocycles. The fraction of sp³-hybridized carbons (Fsp3) is 0.375. The number of hydrogen-bond donors (Lipinski definition) is 1. The number of carboxylic acid groups (broad SMARTS) is 1. The maximum Gasteiger partial charge on any atom is 0.326 e. The van der Waals surface area contributed by atoms with Crippen molar-refractivity contribution in [3.05, 3.63) is 36.4 Å². The summed E-state index contributed by atoms with van der Waals surface area (Å²) in [5.74, 6) is 0.157. The number of aromatic nitrogens is 1. The van der Waals surface area contributed by atoms with Gasteiger partial charge in [0, 0.05) is 11.9 Å². The van der Waals surface area contributed by atoms with E-state index in [1.54, 1.807) is 0 Å². The predicted molar refractivity (Wildman–Crippen MR) is 78.9 cm³/mol. The molecule has 0 bridgehead atoms. The molecule has 1 aliphatic heterocycles. The summed E-state index contributed by atoms with van der Waals surface area (Å²) in [4.78, 5) is 18.1. The van der Waals surface area contributed by atoms with Crippen molar-refractivity contribution in [2.75, 3.05) is 11.4 Å². The van der Waals surface area contributed by atoms with Crippen LogP contribution in [0.1, 0.15) is 19.8 Å². The molecule has 1 saturated heterocycles. The summed E-state index contributed by atoms with van der Waals surface area (Å²) in [6.45, 7) is 2.76. The molecule has 0 saturated carbocycles. The van der Waals surface area contributed by atoms with Crippen molar-refractivity contribution in [2.24, 2.45) is 5.92 Å². The summed E-state index contributed by atoms with van der Waals surface area (Å²) in [7, 11) is 0. The summed E-state index contributed by atoms with van der Waals surface area (Å²) in [5, 5.41) is 10.6. The van der Waals surface area contributed by atoms with Crippen LogP contribution in [0.15, 0.2) is 36.4 Å². The predicted octanol–water partition coefficient (Wildman–Crippen LogP) is 2.92. The van der Waals surface area contributed by atoms with Gasteiger partial charge in [0.2, 0.25) is 0 Å². The van der Waals surface area contributed by atoms with Crippen LogP contribution in [0.25, 0.3) is 10.9 Å². The third kappa shape index (κ3) is 2.22. The number of fused-ring (bicyclic) bond motifs is 1. The van der Waals surface area contributed by atoms with Crippen LogP contribution in [-0.4, -0.2) is 28.6 Å². The standard InChI is InChI=1S/C16H18N2O2/c1-11-5-4-10-18(15(11)16(19)20)14-9-8-12-6-2-3-7-13(12)17-14/h2-3,6-9,11,15H,4-5,10H2,1H3,(H,19,20). The van der Waals surface area contributed by atoms with Gasteiger partial charge < -0.3 is 10.0 Å². The zero-order chi connectivity index (χ0) is 14.1. The SMILES string of the molecule is CC1CCCN(c2ccc3ccccc3n2)C1C(=O)O. The van der Waals surface area contributed by atoms with Crippen LogP contribution >= 0.6 is 0 Å². The van der Waals surface area contributed by atoms with E-state index in [9.17, 15) is 9.90 Å². The highest BCUT2D eigenvalue weighted by molar-refractivity contribution is 5.82. The summed E-state index contributed by atoms with van der Waals surface area (Å²) in [6.07, 6.45) is 1.97. The highest BCUT2D eigenvalue weighted by Crippen LogP contribution is 2.28. The van der Waals surface area contributed by atoms with Crippen molar-refractivity contribution in [1.29, 1.82) is 0 Å². The number of carboxylic acids is 1. The Bertz CT molecular complexity index is 641. The first-order valence-electron chi connectivity index (χ1n) is 7.02. The smallest absolute Gasteiger partial charge is 0.326 e. The average molecular weight is 270 g/mol. The lowest BCUT2D eigenvalue weighted by atomic mass is 9.91. The quantitative estimate of drug-likeness (QED) is 0.911. The summed E-state index contributed by atoms with van der Waals surface area (Å²) in [6, 6.07) is 11.4. The molecule has 2 unspecified atom stereocenters. The minimum atomic E-state index is -0.757. The topological polar surface area (TPSA) is 53.4 Å². The molecule has 0 spiro atoms. The van der Waals surface area contributed by atoms with Crippen LogP contribution in [0.2, 0.25) is 0 Å². The van der Waals surface area contributed by atoms with Gasteiger partial charge in [-0.05, 0) is 37.0 Å². The van der Waals surface area contributed by atoms with Crippen LogP contribution in [-0.2, 0) is 4.79 Å². The van der Waals surface area contributed by atoms with Crippen molar-refractivity contribution < 1.29 is 9.90 Å². The van der Waals surface area contributed by atoms with Crippen LogP contribution in [0.3, 0.4) is 0 Å². The molecule has 1 aromatic heterocycles. The second-order valence-corrected chi connectivity index (χ2v) is 5.46. The summed E-state index contributed by atoms with van der Waals surface area (Å²) >= 11 is 0. The zero-order valence-corrected chi connectivity index (χ0v) is 11.5. The van der Waals surface area contributed by atoms with Gasteiger partial charge in [0.05, 0.1) is 5.52 Å². The second-order valence-electron chi connectivity index (χ2n) is 5.46. The Hall–Kier alpha value is -2.10. The third-order valence-corrected chi connectivity index (χ3v) is 4.06. The van der Waals surface area contributed by atoms with Crippen LogP contribution in [0.5, 0.6) is 0 Å². The van der Waals surface area contributed by atoms with Gasteiger partial charge in [-0.15, -0.1) is 0 Å². The number of para-hydroxylation sites is 1. The number of pyridine rings is 1. The lowest BCUT2D eigenvalue weighted by molar-refractivity contribution is -0.140. The van der Waals surface area contributed by atoms with E-state index in [2.05, 4.69) is 4.98 Å². The van der Waals surface area contributed by atoms with E-state index in [-0.39, 0.29) is 5.92 Å². The first kappa shape index (κ1) is 12.9. The molecule has 4 heteroatoms.